The van der Waals surface area contributed by atoms with Crippen LogP contribution in [0.25, 0.3) is 0 Å². The van der Waals surface area contributed by atoms with Crippen LogP contribution in [0.15, 0.2) is 12.1 Å². The third-order valence-corrected chi connectivity index (χ3v) is 2.59. The van der Waals surface area contributed by atoms with Crippen molar-refractivity contribution in [2.75, 3.05) is 7.11 Å². The Morgan fingerprint density at radius 3 is 2.53 bits per heavy atom. The van der Waals surface area contributed by atoms with Gasteiger partial charge >= 0.3 is 12.1 Å². The summed E-state index contributed by atoms with van der Waals surface area (Å²) < 4.78 is 42.9. The van der Waals surface area contributed by atoms with E-state index in [9.17, 15) is 18.0 Å². The Kier molecular flexibility index (Phi) is 4.51. The SMILES string of the molecule is COC(=O)Cc1c(C(F)(F)F)ccc(CN)c1C#N. The number of nitriles is 1. The minimum absolute atomic E-state index is 0.0881. The molecule has 0 amide bonds. The molecule has 19 heavy (non-hydrogen) atoms. The minimum atomic E-state index is -4.65. The monoisotopic (exact) mass is 272 g/mol. The molecule has 0 heterocycles. The van der Waals surface area contributed by atoms with Crippen molar-refractivity contribution in [2.45, 2.75) is 19.1 Å². The Morgan fingerprint density at radius 1 is 1.47 bits per heavy atom. The second kappa shape index (κ2) is 5.71. The van der Waals surface area contributed by atoms with Crippen LogP contribution in [0.5, 0.6) is 0 Å². The number of nitrogens with two attached hydrogens (primary N) is 1. The molecule has 0 saturated heterocycles. The molecule has 0 fully saturated rings. The number of benzene rings is 1. The lowest BCUT2D eigenvalue weighted by atomic mass is 9.94. The van der Waals surface area contributed by atoms with Gasteiger partial charge in [0.1, 0.15) is 0 Å². The number of rotatable bonds is 3. The highest BCUT2D eigenvalue weighted by Crippen LogP contribution is 2.34. The fourth-order valence-corrected chi connectivity index (χ4v) is 1.67. The van der Waals surface area contributed by atoms with E-state index < -0.39 is 29.7 Å². The molecule has 0 bridgehead atoms. The van der Waals surface area contributed by atoms with Gasteiger partial charge in [0.2, 0.25) is 0 Å². The summed E-state index contributed by atoms with van der Waals surface area (Å²) in [5, 5.41) is 8.98. The van der Waals surface area contributed by atoms with Gasteiger partial charge in [0.15, 0.2) is 0 Å². The second-order valence-corrected chi connectivity index (χ2v) is 3.69. The summed E-state index contributed by atoms with van der Waals surface area (Å²) in [5.41, 5.74) is 3.99. The van der Waals surface area contributed by atoms with Crippen molar-refractivity contribution >= 4 is 5.97 Å². The number of ether oxygens (including phenoxy) is 1. The first-order valence-electron chi connectivity index (χ1n) is 5.24. The first-order chi connectivity index (χ1) is 8.85. The molecule has 2 N–H and O–H groups in total. The summed E-state index contributed by atoms with van der Waals surface area (Å²) in [6, 6.07) is 3.63. The van der Waals surface area contributed by atoms with E-state index in [-0.39, 0.29) is 17.7 Å². The van der Waals surface area contributed by atoms with E-state index in [1.54, 1.807) is 6.07 Å². The van der Waals surface area contributed by atoms with E-state index in [1.807, 2.05) is 0 Å². The minimum Gasteiger partial charge on any atom is -0.469 e. The number of methoxy groups -OCH3 is 1. The van der Waals surface area contributed by atoms with Gasteiger partial charge < -0.3 is 10.5 Å². The molecule has 1 rings (SSSR count). The lowest BCUT2D eigenvalue weighted by molar-refractivity contribution is -0.141. The zero-order chi connectivity index (χ0) is 14.6. The molecule has 4 nitrogen and oxygen atoms in total. The van der Waals surface area contributed by atoms with E-state index in [0.717, 1.165) is 19.2 Å². The Morgan fingerprint density at radius 2 is 2.11 bits per heavy atom. The number of carbonyl (C=O) groups is 1. The zero-order valence-corrected chi connectivity index (χ0v) is 10.0. The Bertz CT molecular complexity index is 533. The third-order valence-electron chi connectivity index (χ3n) is 2.59. The molecule has 0 aromatic heterocycles. The van der Waals surface area contributed by atoms with Gasteiger partial charge in [0, 0.05) is 6.54 Å². The van der Waals surface area contributed by atoms with Gasteiger partial charge in [0.25, 0.3) is 0 Å². The zero-order valence-electron chi connectivity index (χ0n) is 10.0. The van der Waals surface area contributed by atoms with E-state index in [4.69, 9.17) is 11.0 Å². The molecule has 1 aromatic rings. The second-order valence-electron chi connectivity index (χ2n) is 3.69. The summed E-state index contributed by atoms with van der Waals surface area (Å²) >= 11 is 0. The number of esters is 1. The molecule has 0 saturated carbocycles. The molecule has 1 aromatic carbocycles. The van der Waals surface area contributed by atoms with Crippen LogP contribution in [0.2, 0.25) is 0 Å². The topological polar surface area (TPSA) is 76.1 Å². The van der Waals surface area contributed by atoms with Gasteiger partial charge in [-0.05, 0) is 17.2 Å². The molecule has 0 unspecified atom stereocenters. The lowest BCUT2D eigenvalue weighted by Crippen LogP contribution is -2.17. The fourth-order valence-electron chi connectivity index (χ4n) is 1.67. The van der Waals surface area contributed by atoms with E-state index in [0.29, 0.717) is 0 Å². The van der Waals surface area contributed by atoms with Crippen molar-refractivity contribution in [3.05, 3.63) is 34.4 Å². The normalized spacial score (nSPS) is 10.9. The molecular weight excluding hydrogens is 261 g/mol. The molecule has 0 atom stereocenters. The van der Waals surface area contributed by atoms with Crippen LogP contribution in [-0.2, 0) is 28.7 Å². The molecular formula is C12H11F3N2O2. The predicted octanol–water partition coefficient (Wildman–Crippen LogP) is 1.75. The predicted molar refractivity (Wildman–Crippen MR) is 59.8 cm³/mol. The fraction of sp³-hybridized carbons (Fsp3) is 0.333. The molecule has 7 heteroatoms. The highest BCUT2D eigenvalue weighted by atomic mass is 19.4. The van der Waals surface area contributed by atoms with Crippen LogP contribution in [0.1, 0.15) is 22.3 Å². The van der Waals surface area contributed by atoms with Gasteiger partial charge in [0.05, 0.1) is 30.7 Å². The third kappa shape index (κ3) is 3.23. The highest BCUT2D eigenvalue weighted by molar-refractivity contribution is 5.74. The van der Waals surface area contributed by atoms with Crippen LogP contribution in [-0.4, -0.2) is 13.1 Å². The maximum absolute atomic E-state index is 12.9. The van der Waals surface area contributed by atoms with Gasteiger partial charge in [-0.25, -0.2) is 0 Å². The number of carbonyl (C=O) groups excluding carboxylic acids is 1. The van der Waals surface area contributed by atoms with E-state index in [1.165, 1.54) is 0 Å². The van der Waals surface area contributed by atoms with Crippen molar-refractivity contribution in [1.29, 1.82) is 5.26 Å². The molecule has 0 aliphatic carbocycles. The standard InChI is InChI=1S/C12H11F3N2O2/c1-19-11(18)4-8-9(6-17)7(5-16)2-3-10(8)12(13,14)15/h2-3H,4-5,16H2,1H3. The quantitative estimate of drug-likeness (QED) is 0.850. The summed E-state index contributed by atoms with van der Waals surface area (Å²) in [5.74, 6) is -0.851. The molecule has 0 spiro atoms. The maximum atomic E-state index is 12.9. The number of hydrogen-bond acceptors (Lipinski definition) is 4. The number of alkyl halides is 3. The number of hydrogen-bond donors (Lipinski definition) is 1. The maximum Gasteiger partial charge on any atom is 0.416 e. The molecule has 102 valence electrons. The van der Waals surface area contributed by atoms with Crippen LogP contribution in [0, 0.1) is 11.3 Å². The number of nitrogens with zero attached hydrogens (tertiary/aromatic N) is 1. The Labute approximate surface area is 107 Å². The molecule has 0 aliphatic heterocycles. The average Bonchev–Trinajstić information content (AvgIpc) is 2.36. The Hall–Kier alpha value is -2.07. The summed E-state index contributed by atoms with van der Waals surface area (Å²) in [4.78, 5) is 11.2. The molecule has 0 radical (unpaired) electrons. The van der Waals surface area contributed by atoms with Crippen molar-refractivity contribution in [3.8, 4) is 6.07 Å². The van der Waals surface area contributed by atoms with Crippen LogP contribution in [0.4, 0.5) is 13.2 Å². The van der Waals surface area contributed by atoms with Gasteiger partial charge in [-0.1, -0.05) is 6.07 Å². The largest absolute Gasteiger partial charge is 0.469 e. The van der Waals surface area contributed by atoms with Crippen LogP contribution in [0.3, 0.4) is 0 Å². The first-order valence-corrected chi connectivity index (χ1v) is 5.24. The smallest absolute Gasteiger partial charge is 0.416 e. The molecule has 0 aliphatic rings. The van der Waals surface area contributed by atoms with Crippen molar-refractivity contribution in [1.82, 2.24) is 0 Å². The number of halogens is 3. The average molecular weight is 272 g/mol. The van der Waals surface area contributed by atoms with Crippen molar-refractivity contribution in [2.24, 2.45) is 5.73 Å². The van der Waals surface area contributed by atoms with Crippen LogP contribution < -0.4 is 5.73 Å². The van der Waals surface area contributed by atoms with Gasteiger partial charge in [-0.3, -0.25) is 4.79 Å². The van der Waals surface area contributed by atoms with E-state index in [2.05, 4.69) is 4.74 Å². The van der Waals surface area contributed by atoms with Gasteiger partial charge in [-0.2, -0.15) is 18.4 Å². The van der Waals surface area contributed by atoms with E-state index >= 15 is 0 Å². The Balaban J connectivity index is 3.50. The van der Waals surface area contributed by atoms with Crippen LogP contribution >= 0.6 is 0 Å². The summed E-state index contributed by atoms with van der Waals surface area (Å²) in [7, 11) is 1.06. The first kappa shape index (κ1) is 15.0. The van der Waals surface area contributed by atoms with Crippen molar-refractivity contribution in [3.63, 3.8) is 0 Å². The lowest BCUT2D eigenvalue weighted by Gasteiger charge is -2.15. The van der Waals surface area contributed by atoms with Gasteiger partial charge in [-0.15, -0.1) is 0 Å². The summed E-state index contributed by atoms with van der Waals surface area (Å²) in [6.07, 6.45) is -5.27. The summed E-state index contributed by atoms with van der Waals surface area (Å²) in [6.45, 7) is -0.0881. The highest BCUT2D eigenvalue weighted by Gasteiger charge is 2.35. The van der Waals surface area contributed by atoms with Crippen molar-refractivity contribution < 1.29 is 22.7 Å².